The van der Waals surface area contributed by atoms with Crippen molar-refractivity contribution in [1.29, 1.82) is 0 Å². The highest BCUT2D eigenvalue weighted by molar-refractivity contribution is 5.95. The SMILES string of the molecule is CCOC(=O)c1coc(C(N)=O)c1. The Labute approximate surface area is 74.5 Å². The van der Waals surface area contributed by atoms with Crippen molar-refractivity contribution >= 4 is 11.9 Å². The topological polar surface area (TPSA) is 82.5 Å². The molecule has 70 valence electrons. The first-order valence-corrected chi connectivity index (χ1v) is 3.70. The van der Waals surface area contributed by atoms with Gasteiger partial charge in [-0.2, -0.15) is 0 Å². The summed E-state index contributed by atoms with van der Waals surface area (Å²) in [6, 6.07) is 1.25. The van der Waals surface area contributed by atoms with Gasteiger partial charge >= 0.3 is 5.97 Å². The van der Waals surface area contributed by atoms with Gasteiger partial charge in [-0.1, -0.05) is 0 Å². The van der Waals surface area contributed by atoms with Crippen LogP contribution < -0.4 is 5.73 Å². The average molecular weight is 183 g/mol. The molecule has 0 saturated heterocycles. The molecule has 13 heavy (non-hydrogen) atoms. The van der Waals surface area contributed by atoms with Crippen LogP contribution in [0, 0.1) is 0 Å². The monoisotopic (exact) mass is 183 g/mol. The van der Waals surface area contributed by atoms with Crippen LogP contribution in [-0.2, 0) is 4.74 Å². The molecule has 0 aliphatic rings. The van der Waals surface area contributed by atoms with Crippen molar-refractivity contribution in [2.75, 3.05) is 6.61 Å². The van der Waals surface area contributed by atoms with Crippen LogP contribution in [-0.4, -0.2) is 18.5 Å². The molecule has 0 aliphatic heterocycles. The van der Waals surface area contributed by atoms with Crippen molar-refractivity contribution in [3.8, 4) is 0 Å². The van der Waals surface area contributed by atoms with E-state index in [1.54, 1.807) is 6.92 Å². The molecule has 0 spiro atoms. The number of primary amides is 1. The molecule has 1 heterocycles. The van der Waals surface area contributed by atoms with Gasteiger partial charge in [-0.3, -0.25) is 4.79 Å². The molecule has 0 atom stereocenters. The summed E-state index contributed by atoms with van der Waals surface area (Å²) >= 11 is 0. The second-order valence-electron chi connectivity index (χ2n) is 2.28. The molecular formula is C8H9NO4. The minimum atomic E-state index is -0.712. The maximum absolute atomic E-state index is 11.0. The van der Waals surface area contributed by atoms with Crippen LogP contribution in [0.5, 0.6) is 0 Å². The number of carbonyl (C=O) groups is 2. The molecule has 5 heteroatoms. The van der Waals surface area contributed by atoms with Crippen LogP contribution in [0.15, 0.2) is 16.7 Å². The lowest BCUT2D eigenvalue weighted by Gasteiger charge is -1.95. The molecular weight excluding hydrogens is 174 g/mol. The summed E-state index contributed by atoms with van der Waals surface area (Å²) < 4.78 is 9.39. The van der Waals surface area contributed by atoms with Crippen molar-refractivity contribution < 1.29 is 18.7 Å². The Kier molecular flexibility index (Phi) is 2.69. The third-order valence-corrected chi connectivity index (χ3v) is 1.35. The van der Waals surface area contributed by atoms with Gasteiger partial charge in [-0.05, 0) is 6.92 Å². The molecule has 0 saturated carbocycles. The van der Waals surface area contributed by atoms with Gasteiger partial charge in [0, 0.05) is 6.07 Å². The Hall–Kier alpha value is -1.78. The zero-order valence-electron chi connectivity index (χ0n) is 7.07. The Balaban J connectivity index is 2.79. The number of ether oxygens (including phenoxy) is 1. The third kappa shape index (κ3) is 2.08. The predicted molar refractivity (Wildman–Crippen MR) is 43.2 cm³/mol. The van der Waals surface area contributed by atoms with Gasteiger partial charge < -0.3 is 14.9 Å². The zero-order chi connectivity index (χ0) is 9.84. The summed E-state index contributed by atoms with van der Waals surface area (Å²) in [6.07, 6.45) is 1.14. The van der Waals surface area contributed by atoms with Crippen LogP contribution >= 0.6 is 0 Å². The van der Waals surface area contributed by atoms with Crippen molar-refractivity contribution in [3.63, 3.8) is 0 Å². The lowest BCUT2D eigenvalue weighted by molar-refractivity contribution is 0.0525. The van der Waals surface area contributed by atoms with Crippen molar-refractivity contribution in [1.82, 2.24) is 0 Å². The molecule has 5 nitrogen and oxygen atoms in total. The first kappa shape index (κ1) is 9.31. The lowest BCUT2D eigenvalue weighted by Crippen LogP contribution is -2.09. The van der Waals surface area contributed by atoms with Gasteiger partial charge in [0.2, 0.25) is 0 Å². The number of rotatable bonds is 3. The zero-order valence-corrected chi connectivity index (χ0v) is 7.07. The Morgan fingerprint density at radius 1 is 1.62 bits per heavy atom. The van der Waals surface area contributed by atoms with E-state index in [2.05, 4.69) is 4.74 Å². The van der Waals surface area contributed by atoms with E-state index in [0.29, 0.717) is 0 Å². The fraction of sp³-hybridized carbons (Fsp3) is 0.250. The van der Waals surface area contributed by atoms with Gasteiger partial charge in [-0.25, -0.2) is 4.79 Å². The molecule has 0 aromatic carbocycles. The fourth-order valence-electron chi connectivity index (χ4n) is 0.787. The summed E-state index contributed by atoms with van der Waals surface area (Å²) in [5, 5.41) is 0. The van der Waals surface area contributed by atoms with E-state index < -0.39 is 11.9 Å². The number of hydrogen-bond acceptors (Lipinski definition) is 4. The molecule has 2 N–H and O–H groups in total. The lowest BCUT2D eigenvalue weighted by atomic mass is 10.3. The Morgan fingerprint density at radius 3 is 2.77 bits per heavy atom. The van der Waals surface area contributed by atoms with E-state index in [-0.39, 0.29) is 17.9 Å². The molecule has 1 rings (SSSR count). The fourth-order valence-corrected chi connectivity index (χ4v) is 0.787. The van der Waals surface area contributed by atoms with E-state index in [4.69, 9.17) is 10.2 Å². The Morgan fingerprint density at radius 2 is 2.31 bits per heavy atom. The van der Waals surface area contributed by atoms with Crippen molar-refractivity contribution in [2.24, 2.45) is 5.73 Å². The number of amides is 1. The number of esters is 1. The second-order valence-corrected chi connectivity index (χ2v) is 2.28. The van der Waals surface area contributed by atoms with E-state index in [9.17, 15) is 9.59 Å². The summed E-state index contributed by atoms with van der Waals surface area (Å²) in [6.45, 7) is 1.96. The minimum absolute atomic E-state index is 0.0527. The number of furan rings is 1. The van der Waals surface area contributed by atoms with Gasteiger partial charge in [0.05, 0.1) is 12.2 Å². The van der Waals surface area contributed by atoms with E-state index in [0.717, 1.165) is 6.26 Å². The molecule has 0 bridgehead atoms. The Bertz CT molecular complexity index is 329. The summed E-state index contributed by atoms with van der Waals surface area (Å²) in [5.74, 6) is -1.29. The molecule has 1 aromatic rings. The third-order valence-electron chi connectivity index (χ3n) is 1.35. The van der Waals surface area contributed by atoms with Crippen molar-refractivity contribution in [2.45, 2.75) is 6.92 Å². The second kappa shape index (κ2) is 3.75. The summed E-state index contributed by atoms with van der Waals surface area (Å²) in [4.78, 5) is 21.6. The minimum Gasteiger partial charge on any atom is -0.462 e. The molecule has 0 unspecified atom stereocenters. The molecule has 0 radical (unpaired) electrons. The predicted octanol–water partition coefficient (Wildman–Crippen LogP) is 0.555. The van der Waals surface area contributed by atoms with Crippen LogP contribution in [0.2, 0.25) is 0 Å². The molecule has 1 aromatic heterocycles. The maximum Gasteiger partial charge on any atom is 0.341 e. The van der Waals surface area contributed by atoms with Crippen LogP contribution in [0.25, 0.3) is 0 Å². The smallest absolute Gasteiger partial charge is 0.341 e. The van der Waals surface area contributed by atoms with Gasteiger partial charge in [0.25, 0.3) is 5.91 Å². The number of nitrogens with two attached hydrogens (primary N) is 1. The highest BCUT2D eigenvalue weighted by Crippen LogP contribution is 2.08. The van der Waals surface area contributed by atoms with E-state index in [1.807, 2.05) is 0 Å². The standard InChI is InChI=1S/C8H9NO4/c1-2-12-8(11)5-3-6(7(9)10)13-4-5/h3-4H,2H2,1H3,(H2,9,10). The molecule has 0 fully saturated rings. The number of hydrogen-bond donors (Lipinski definition) is 1. The van der Waals surface area contributed by atoms with E-state index >= 15 is 0 Å². The molecule has 0 aliphatic carbocycles. The first-order valence-electron chi connectivity index (χ1n) is 3.70. The summed E-state index contributed by atoms with van der Waals surface area (Å²) in [7, 11) is 0. The van der Waals surface area contributed by atoms with Crippen LogP contribution in [0.3, 0.4) is 0 Å². The van der Waals surface area contributed by atoms with E-state index in [1.165, 1.54) is 6.07 Å². The normalized spacial score (nSPS) is 9.62. The number of carbonyl (C=O) groups excluding carboxylic acids is 2. The maximum atomic E-state index is 11.0. The highest BCUT2D eigenvalue weighted by Gasteiger charge is 2.13. The summed E-state index contributed by atoms with van der Waals surface area (Å²) in [5.41, 5.74) is 5.11. The average Bonchev–Trinajstić information content (AvgIpc) is 2.52. The quantitative estimate of drug-likeness (QED) is 0.694. The molecule has 1 amide bonds. The van der Waals surface area contributed by atoms with Gasteiger partial charge in [0.15, 0.2) is 5.76 Å². The largest absolute Gasteiger partial charge is 0.462 e. The van der Waals surface area contributed by atoms with Crippen LogP contribution in [0.4, 0.5) is 0 Å². The highest BCUT2D eigenvalue weighted by atomic mass is 16.5. The van der Waals surface area contributed by atoms with Crippen LogP contribution in [0.1, 0.15) is 27.8 Å². The van der Waals surface area contributed by atoms with Gasteiger partial charge in [-0.15, -0.1) is 0 Å². The van der Waals surface area contributed by atoms with Crippen molar-refractivity contribution in [3.05, 3.63) is 23.7 Å². The first-order chi connectivity index (χ1) is 6.15. The van der Waals surface area contributed by atoms with Gasteiger partial charge in [0.1, 0.15) is 6.26 Å².